The minimum Gasteiger partial charge on any atom is -0.313 e. The van der Waals surface area contributed by atoms with Gasteiger partial charge in [-0.1, -0.05) is 17.7 Å². The number of likely N-dealkylation sites (N-methyl/N-ethyl adjacent to an activating group) is 1. The maximum absolute atomic E-state index is 4.70. The van der Waals surface area contributed by atoms with Crippen LogP contribution < -0.4 is 5.32 Å². The molecule has 0 aliphatic heterocycles. The van der Waals surface area contributed by atoms with Gasteiger partial charge in [0.1, 0.15) is 0 Å². The number of aryl methyl sites for hydroxylation is 3. The van der Waals surface area contributed by atoms with Crippen molar-refractivity contribution in [3.05, 3.63) is 57.9 Å². The Morgan fingerprint density at radius 3 is 2.57 bits per heavy atom. The van der Waals surface area contributed by atoms with Crippen molar-refractivity contribution in [2.75, 3.05) is 7.05 Å². The monoisotopic (exact) mass is 299 g/mol. The molecule has 0 saturated carbocycles. The van der Waals surface area contributed by atoms with Crippen LogP contribution in [0, 0.1) is 20.8 Å². The molecule has 1 N–H and O–H groups in total. The molecule has 0 bridgehead atoms. The van der Waals surface area contributed by atoms with Crippen LogP contribution in [0.4, 0.5) is 0 Å². The third-order valence-electron chi connectivity index (χ3n) is 3.99. The van der Waals surface area contributed by atoms with Gasteiger partial charge in [-0.2, -0.15) is 0 Å². The molecule has 110 valence electrons. The molecule has 0 spiro atoms. The summed E-state index contributed by atoms with van der Waals surface area (Å²) in [4.78, 5) is 5.77. The Hall–Kier alpha value is -1.65. The van der Waals surface area contributed by atoms with Crippen LogP contribution in [0.3, 0.4) is 0 Å². The SMILES string of the molecule is CNC(Cc1cn2ccsc2n1)c1c(C)cc(C)cc1C. The molecule has 2 aromatic heterocycles. The number of hydrogen-bond donors (Lipinski definition) is 1. The maximum atomic E-state index is 4.70. The first kappa shape index (κ1) is 14.3. The summed E-state index contributed by atoms with van der Waals surface area (Å²) in [5.41, 5.74) is 6.58. The Morgan fingerprint density at radius 2 is 1.95 bits per heavy atom. The van der Waals surface area contributed by atoms with Gasteiger partial charge in [-0.3, -0.25) is 4.40 Å². The second-order valence-electron chi connectivity index (χ2n) is 5.68. The van der Waals surface area contributed by atoms with E-state index in [1.807, 2.05) is 7.05 Å². The topological polar surface area (TPSA) is 29.3 Å². The number of benzene rings is 1. The molecule has 21 heavy (non-hydrogen) atoms. The zero-order chi connectivity index (χ0) is 15.0. The molecule has 0 radical (unpaired) electrons. The molecule has 4 heteroatoms. The molecule has 1 atom stereocenters. The van der Waals surface area contributed by atoms with Gasteiger partial charge in [0.2, 0.25) is 0 Å². The van der Waals surface area contributed by atoms with Crippen molar-refractivity contribution in [1.29, 1.82) is 0 Å². The van der Waals surface area contributed by atoms with Crippen LogP contribution in [0.1, 0.15) is 34.0 Å². The molecule has 1 aromatic carbocycles. The van der Waals surface area contributed by atoms with Crippen molar-refractivity contribution in [1.82, 2.24) is 14.7 Å². The zero-order valence-corrected chi connectivity index (χ0v) is 13.8. The van der Waals surface area contributed by atoms with E-state index in [1.165, 1.54) is 22.3 Å². The van der Waals surface area contributed by atoms with Crippen LogP contribution in [0.25, 0.3) is 4.96 Å². The highest BCUT2D eigenvalue weighted by molar-refractivity contribution is 7.15. The highest BCUT2D eigenvalue weighted by atomic mass is 32.1. The number of fused-ring (bicyclic) bond motifs is 1. The normalized spacial score (nSPS) is 13.0. The lowest BCUT2D eigenvalue weighted by Crippen LogP contribution is -2.21. The lowest BCUT2D eigenvalue weighted by molar-refractivity contribution is 0.580. The summed E-state index contributed by atoms with van der Waals surface area (Å²) in [6.07, 6.45) is 5.11. The molecular weight excluding hydrogens is 278 g/mol. The Bertz CT molecular complexity index is 718. The van der Waals surface area contributed by atoms with Crippen LogP contribution in [0.15, 0.2) is 29.9 Å². The van der Waals surface area contributed by atoms with Crippen LogP contribution in [0.5, 0.6) is 0 Å². The molecule has 0 aliphatic carbocycles. The van der Waals surface area contributed by atoms with Gasteiger partial charge >= 0.3 is 0 Å². The average Bonchev–Trinajstić information content (AvgIpc) is 2.96. The fourth-order valence-corrected chi connectivity index (χ4v) is 3.89. The minimum atomic E-state index is 0.301. The number of imidazole rings is 1. The zero-order valence-electron chi connectivity index (χ0n) is 13.0. The van der Waals surface area contributed by atoms with Gasteiger partial charge in [-0.25, -0.2) is 4.98 Å². The second-order valence-corrected chi connectivity index (χ2v) is 6.56. The smallest absolute Gasteiger partial charge is 0.193 e. The summed E-state index contributed by atoms with van der Waals surface area (Å²) in [6.45, 7) is 6.55. The number of hydrogen-bond acceptors (Lipinski definition) is 3. The lowest BCUT2D eigenvalue weighted by Gasteiger charge is -2.21. The summed E-state index contributed by atoms with van der Waals surface area (Å²) in [6, 6.07) is 4.83. The summed E-state index contributed by atoms with van der Waals surface area (Å²) in [5, 5.41) is 5.52. The quantitative estimate of drug-likeness (QED) is 0.793. The minimum absolute atomic E-state index is 0.301. The number of aromatic nitrogens is 2. The number of nitrogens with one attached hydrogen (secondary N) is 1. The number of nitrogens with zero attached hydrogens (tertiary/aromatic N) is 2. The fourth-order valence-electron chi connectivity index (χ4n) is 3.17. The van der Waals surface area contributed by atoms with Gasteiger partial charge in [0.05, 0.1) is 5.69 Å². The van der Waals surface area contributed by atoms with Crippen molar-refractivity contribution in [2.45, 2.75) is 33.2 Å². The maximum Gasteiger partial charge on any atom is 0.193 e. The highest BCUT2D eigenvalue weighted by Crippen LogP contribution is 2.26. The van der Waals surface area contributed by atoms with Crippen molar-refractivity contribution < 1.29 is 0 Å². The standard InChI is InChI=1S/C17H21N3S/c1-11-7-12(2)16(13(3)8-11)15(18-4)9-14-10-20-5-6-21-17(20)19-14/h5-8,10,15,18H,9H2,1-4H3. The summed E-state index contributed by atoms with van der Waals surface area (Å²) in [5.74, 6) is 0. The Labute approximate surface area is 129 Å². The van der Waals surface area contributed by atoms with E-state index in [0.717, 1.165) is 17.1 Å². The molecule has 0 fully saturated rings. The van der Waals surface area contributed by atoms with Gasteiger partial charge in [0, 0.05) is 30.2 Å². The molecule has 2 heterocycles. The van der Waals surface area contributed by atoms with E-state index in [9.17, 15) is 0 Å². The Morgan fingerprint density at radius 1 is 1.24 bits per heavy atom. The van der Waals surface area contributed by atoms with Gasteiger partial charge < -0.3 is 5.32 Å². The van der Waals surface area contributed by atoms with E-state index in [0.29, 0.717) is 6.04 Å². The predicted molar refractivity (Wildman–Crippen MR) is 89.2 cm³/mol. The van der Waals surface area contributed by atoms with Crippen molar-refractivity contribution in [3.63, 3.8) is 0 Å². The van der Waals surface area contributed by atoms with E-state index in [4.69, 9.17) is 4.98 Å². The Balaban J connectivity index is 1.93. The first-order valence-electron chi connectivity index (χ1n) is 7.24. The summed E-state index contributed by atoms with van der Waals surface area (Å²) >= 11 is 1.68. The first-order valence-corrected chi connectivity index (χ1v) is 8.12. The van der Waals surface area contributed by atoms with Gasteiger partial charge in [0.15, 0.2) is 4.96 Å². The third-order valence-corrected chi connectivity index (χ3v) is 4.76. The van der Waals surface area contributed by atoms with E-state index in [-0.39, 0.29) is 0 Å². The van der Waals surface area contributed by atoms with Crippen LogP contribution in [-0.4, -0.2) is 16.4 Å². The van der Waals surface area contributed by atoms with Gasteiger partial charge in [-0.15, -0.1) is 11.3 Å². The third kappa shape index (κ3) is 2.74. The largest absolute Gasteiger partial charge is 0.313 e. The number of thiazole rings is 1. The van der Waals surface area contributed by atoms with Gasteiger partial charge in [0.25, 0.3) is 0 Å². The molecular formula is C17H21N3S. The van der Waals surface area contributed by atoms with E-state index in [2.05, 4.69) is 60.4 Å². The Kier molecular flexibility index (Phi) is 3.83. The molecule has 3 aromatic rings. The van der Waals surface area contributed by atoms with E-state index in [1.54, 1.807) is 11.3 Å². The molecule has 1 unspecified atom stereocenters. The molecule has 0 saturated heterocycles. The van der Waals surface area contributed by atoms with Crippen molar-refractivity contribution in [3.8, 4) is 0 Å². The second kappa shape index (κ2) is 5.62. The van der Waals surface area contributed by atoms with Crippen molar-refractivity contribution >= 4 is 16.3 Å². The molecule has 3 rings (SSSR count). The molecule has 0 amide bonds. The average molecular weight is 299 g/mol. The fraction of sp³-hybridized carbons (Fsp3) is 0.353. The molecule has 3 nitrogen and oxygen atoms in total. The van der Waals surface area contributed by atoms with E-state index >= 15 is 0 Å². The summed E-state index contributed by atoms with van der Waals surface area (Å²) in [7, 11) is 2.03. The van der Waals surface area contributed by atoms with Gasteiger partial charge in [-0.05, 0) is 44.5 Å². The van der Waals surface area contributed by atoms with Crippen LogP contribution >= 0.6 is 11.3 Å². The van der Waals surface area contributed by atoms with E-state index < -0.39 is 0 Å². The molecule has 0 aliphatic rings. The lowest BCUT2D eigenvalue weighted by atomic mass is 9.92. The van der Waals surface area contributed by atoms with Crippen LogP contribution in [-0.2, 0) is 6.42 Å². The van der Waals surface area contributed by atoms with Crippen LogP contribution in [0.2, 0.25) is 0 Å². The first-order chi connectivity index (χ1) is 10.1. The van der Waals surface area contributed by atoms with Crippen molar-refractivity contribution in [2.24, 2.45) is 0 Å². The highest BCUT2D eigenvalue weighted by Gasteiger charge is 2.17. The predicted octanol–water partition coefficient (Wildman–Crippen LogP) is 3.82. The summed E-state index contributed by atoms with van der Waals surface area (Å²) < 4.78 is 2.10. The number of rotatable bonds is 4.